The van der Waals surface area contributed by atoms with Gasteiger partial charge in [0.15, 0.2) is 0 Å². The molecule has 0 radical (unpaired) electrons. The van der Waals surface area contributed by atoms with E-state index in [2.05, 4.69) is 263 Å². The lowest BCUT2D eigenvalue weighted by Crippen LogP contribution is -2.25. The SMILES string of the molecule is CC(C)(C)c1cc(-c2ccc3c(c2)c2ccc(Oc4cccc(N5CN(c6cc(C(C)(C)C)cc(C(C)(C)C)c6)c6c(-c7ccncc7)cccc65)c4)cc2n3-c2cc(C(C)(C)C)ccn2)cc(C(C)(C)C)c1. The van der Waals surface area contributed by atoms with Crippen molar-refractivity contribution in [3.05, 3.63) is 186 Å². The Morgan fingerprint density at radius 1 is 0.411 bits per heavy atom. The first-order chi connectivity index (χ1) is 34.3. The van der Waals surface area contributed by atoms with Crippen LogP contribution in [-0.2, 0) is 27.1 Å². The molecule has 0 amide bonds. The van der Waals surface area contributed by atoms with Crippen LogP contribution in [0.2, 0.25) is 0 Å². The smallest absolute Gasteiger partial charge is 0.137 e. The molecule has 1 aliphatic rings. The van der Waals surface area contributed by atoms with Gasteiger partial charge in [0.1, 0.15) is 24.0 Å². The van der Waals surface area contributed by atoms with Crippen LogP contribution >= 0.6 is 0 Å². The zero-order valence-electron chi connectivity index (χ0n) is 45.9. The number of hydrogen-bond acceptors (Lipinski definition) is 5. The summed E-state index contributed by atoms with van der Waals surface area (Å²) in [4.78, 5) is 14.3. The first-order valence-electron chi connectivity index (χ1n) is 26.1. The Labute approximate surface area is 434 Å². The zero-order valence-corrected chi connectivity index (χ0v) is 45.9. The Morgan fingerprint density at radius 3 is 1.64 bits per heavy atom. The molecule has 0 bridgehead atoms. The number of anilines is 4. The van der Waals surface area contributed by atoms with Crippen LogP contribution in [0.5, 0.6) is 11.5 Å². The van der Waals surface area contributed by atoms with Crippen molar-refractivity contribution in [3.8, 4) is 39.6 Å². The largest absolute Gasteiger partial charge is 0.457 e. The maximum atomic E-state index is 6.95. The minimum Gasteiger partial charge on any atom is -0.457 e. The molecule has 6 aromatic carbocycles. The molecule has 73 heavy (non-hydrogen) atoms. The second-order valence-corrected chi connectivity index (χ2v) is 25.5. The molecule has 1 aliphatic heterocycles. The van der Waals surface area contributed by atoms with Crippen molar-refractivity contribution in [2.24, 2.45) is 0 Å². The molecule has 9 aromatic rings. The maximum absolute atomic E-state index is 6.95. The minimum atomic E-state index is -0.0505. The highest BCUT2D eigenvalue weighted by atomic mass is 16.5. The molecule has 0 N–H and O–H groups in total. The van der Waals surface area contributed by atoms with Gasteiger partial charge in [-0.15, -0.1) is 0 Å². The highest BCUT2D eigenvalue weighted by Crippen LogP contribution is 2.51. The zero-order chi connectivity index (χ0) is 52.0. The molecule has 6 nitrogen and oxygen atoms in total. The van der Waals surface area contributed by atoms with Gasteiger partial charge < -0.3 is 14.5 Å². The van der Waals surface area contributed by atoms with Gasteiger partial charge in [-0.05, 0) is 150 Å². The molecule has 0 saturated heterocycles. The number of fused-ring (bicyclic) bond motifs is 4. The van der Waals surface area contributed by atoms with E-state index in [0.717, 1.165) is 50.7 Å². The predicted molar refractivity (Wildman–Crippen MR) is 309 cm³/mol. The van der Waals surface area contributed by atoms with Crippen LogP contribution < -0.4 is 14.5 Å². The Morgan fingerprint density at radius 2 is 1.01 bits per heavy atom. The number of ether oxygens (including phenoxy) is 1. The lowest BCUT2D eigenvalue weighted by molar-refractivity contribution is 0.483. The van der Waals surface area contributed by atoms with Gasteiger partial charge in [-0.25, -0.2) is 4.98 Å². The van der Waals surface area contributed by atoms with E-state index >= 15 is 0 Å². The number of rotatable bonds is 7. The van der Waals surface area contributed by atoms with Crippen LogP contribution in [0.3, 0.4) is 0 Å². The second-order valence-electron chi connectivity index (χ2n) is 25.5. The molecule has 372 valence electrons. The average molecular weight is 964 g/mol. The van der Waals surface area contributed by atoms with Gasteiger partial charge in [0, 0.05) is 58.4 Å². The first kappa shape index (κ1) is 49.4. The van der Waals surface area contributed by atoms with E-state index in [0.29, 0.717) is 6.67 Å². The number of aromatic nitrogens is 3. The summed E-state index contributed by atoms with van der Waals surface area (Å²) in [5, 5.41) is 2.32. The van der Waals surface area contributed by atoms with Crippen molar-refractivity contribution in [2.45, 2.75) is 131 Å². The molecule has 0 spiro atoms. The quantitative estimate of drug-likeness (QED) is 0.159. The summed E-state index contributed by atoms with van der Waals surface area (Å²) in [6.07, 6.45) is 5.71. The van der Waals surface area contributed by atoms with Gasteiger partial charge >= 0.3 is 0 Å². The normalized spacial score (nSPS) is 13.6. The van der Waals surface area contributed by atoms with Crippen molar-refractivity contribution in [1.82, 2.24) is 14.5 Å². The van der Waals surface area contributed by atoms with Crippen LogP contribution in [0.15, 0.2) is 158 Å². The third-order valence-electron chi connectivity index (χ3n) is 14.8. The molecule has 0 aliphatic carbocycles. The summed E-state index contributed by atoms with van der Waals surface area (Å²) in [6, 6.07) is 51.6. The number of hydrogen-bond donors (Lipinski definition) is 0. The number of benzene rings is 6. The topological polar surface area (TPSA) is 46.4 Å². The molecular formula is C67H73N5O. The van der Waals surface area contributed by atoms with Gasteiger partial charge in [-0.3, -0.25) is 9.55 Å². The average Bonchev–Trinajstić information content (AvgIpc) is 3.89. The fourth-order valence-corrected chi connectivity index (χ4v) is 10.2. The van der Waals surface area contributed by atoms with E-state index in [4.69, 9.17) is 9.72 Å². The molecule has 0 fully saturated rings. The van der Waals surface area contributed by atoms with Crippen molar-refractivity contribution in [1.29, 1.82) is 0 Å². The lowest BCUT2D eigenvalue weighted by Gasteiger charge is -2.30. The van der Waals surface area contributed by atoms with Crippen LogP contribution in [0.1, 0.15) is 132 Å². The third kappa shape index (κ3) is 9.65. The standard InChI is InChI=1S/C67H73N5O/c1-63(2,3)46-28-31-69-61(39-46)72-58-25-22-44(45-32-47(64(4,5)6)35-48(33-45)65(7,8)9)34-57(58)56-24-23-54(41-60(56)72)73-53-19-16-18-51(40-53)70-42-71(52-37-49(66(10,11)12)36-50(38-52)67(13,14)15)62-55(20-17-21-59(62)70)43-26-29-68-30-27-43/h16-41H,42H2,1-15H3. The van der Waals surface area contributed by atoms with E-state index in [1.807, 2.05) is 18.6 Å². The highest BCUT2D eigenvalue weighted by molar-refractivity contribution is 6.11. The van der Waals surface area contributed by atoms with Crippen LogP contribution in [0.25, 0.3) is 49.9 Å². The second kappa shape index (κ2) is 17.8. The van der Waals surface area contributed by atoms with E-state index in [9.17, 15) is 0 Å². The van der Waals surface area contributed by atoms with Gasteiger partial charge in [0.05, 0.1) is 22.4 Å². The van der Waals surface area contributed by atoms with E-state index < -0.39 is 0 Å². The van der Waals surface area contributed by atoms with Crippen molar-refractivity contribution < 1.29 is 4.74 Å². The molecule has 0 saturated carbocycles. The van der Waals surface area contributed by atoms with Gasteiger partial charge in [0.2, 0.25) is 0 Å². The fourth-order valence-electron chi connectivity index (χ4n) is 10.2. The molecule has 4 heterocycles. The Balaban J connectivity index is 1.08. The van der Waals surface area contributed by atoms with Crippen LogP contribution in [0, 0.1) is 0 Å². The van der Waals surface area contributed by atoms with E-state index in [1.165, 1.54) is 61.3 Å². The Hall–Kier alpha value is -7.18. The first-order valence-corrected chi connectivity index (χ1v) is 26.1. The maximum Gasteiger partial charge on any atom is 0.137 e. The number of pyridine rings is 2. The fraction of sp³-hybridized carbons (Fsp3) is 0.313. The summed E-state index contributed by atoms with van der Waals surface area (Å²) in [5.41, 5.74) is 17.9. The summed E-state index contributed by atoms with van der Waals surface area (Å²) in [5.74, 6) is 2.40. The monoisotopic (exact) mass is 964 g/mol. The van der Waals surface area contributed by atoms with E-state index in [-0.39, 0.29) is 27.1 Å². The summed E-state index contributed by atoms with van der Waals surface area (Å²) >= 11 is 0. The van der Waals surface area contributed by atoms with Gasteiger partial charge in [-0.2, -0.15) is 0 Å². The Kier molecular flexibility index (Phi) is 12.0. The number of para-hydroxylation sites is 1. The molecule has 0 unspecified atom stereocenters. The number of nitrogens with zero attached hydrogens (tertiary/aromatic N) is 5. The summed E-state index contributed by atoms with van der Waals surface area (Å²) in [6.45, 7) is 35.1. The minimum absolute atomic E-state index is 0.00815. The summed E-state index contributed by atoms with van der Waals surface area (Å²) in [7, 11) is 0. The van der Waals surface area contributed by atoms with Crippen LogP contribution in [-0.4, -0.2) is 21.2 Å². The molecule has 3 aromatic heterocycles. The summed E-state index contributed by atoms with van der Waals surface area (Å²) < 4.78 is 9.27. The Bertz CT molecular complexity index is 3480. The van der Waals surface area contributed by atoms with Crippen LogP contribution in [0.4, 0.5) is 22.7 Å². The molecular weight excluding hydrogens is 891 g/mol. The van der Waals surface area contributed by atoms with Crippen molar-refractivity contribution in [3.63, 3.8) is 0 Å². The third-order valence-corrected chi connectivity index (χ3v) is 14.8. The van der Waals surface area contributed by atoms with Gasteiger partial charge in [-0.1, -0.05) is 152 Å². The van der Waals surface area contributed by atoms with E-state index in [1.54, 1.807) is 0 Å². The highest BCUT2D eigenvalue weighted by Gasteiger charge is 2.33. The molecule has 6 heteroatoms. The lowest BCUT2D eigenvalue weighted by atomic mass is 9.79. The molecule has 10 rings (SSSR count). The predicted octanol–water partition coefficient (Wildman–Crippen LogP) is 18.4. The van der Waals surface area contributed by atoms with Crippen molar-refractivity contribution >= 4 is 44.6 Å². The molecule has 0 atom stereocenters. The van der Waals surface area contributed by atoms with Crippen molar-refractivity contribution in [2.75, 3.05) is 16.5 Å². The van der Waals surface area contributed by atoms with Gasteiger partial charge in [0.25, 0.3) is 0 Å².